The largest absolute Gasteiger partial charge is 0.384 e. The normalized spacial score (nSPS) is 16.9. The molecule has 1 amide bonds. The second-order valence-corrected chi connectivity index (χ2v) is 11.8. The fraction of sp³-hybridized carbons (Fsp3) is 0.179. The number of hydrogen-bond acceptors (Lipinski definition) is 11. The first-order chi connectivity index (χ1) is 20.3. The number of nitrogens with one attached hydrogen (secondary N) is 1. The number of nitrogens with zero attached hydrogens (tertiary/aromatic N) is 5. The van der Waals surface area contributed by atoms with Crippen LogP contribution in [0.5, 0.6) is 0 Å². The van der Waals surface area contributed by atoms with E-state index in [-0.39, 0.29) is 39.3 Å². The van der Waals surface area contributed by atoms with Gasteiger partial charge >= 0.3 is 0 Å². The second kappa shape index (κ2) is 12.6. The van der Waals surface area contributed by atoms with Gasteiger partial charge in [0.25, 0.3) is 5.69 Å². The van der Waals surface area contributed by atoms with Gasteiger partial charge in [-0.1, -0.05) is 77.2 Å². The molecule has 1 unspecified atom stereocenters. The Morgan fingerprint density at radius 3 is 2.81 bits per heavy atom. The van der Waals surface area contributed by atoms with Crippen molar-refractivity contribution in [1.82, 2.24) is 10.2 Å². The van der Waals surface area contributed by atoms with E-state index in [4.69, 9.17) is 17.3 Å². The van der Waals surface area contributed by atoms with Crippen molar-refractivity contribution in [2.75, 3.05) is 16.0 Å². The highest BCUT2D eigenvalue weighted by Crippen LogP contribution is 2.44. The summed E-state index contributed by atoms with van der Waals surface area (Å²) < 4.78 is 0.451. The van der Waals surface area contributed by atoms with Crippen molar-refractivity contribution in [2.45, 2.75) is 23.6 Å². The molecule has 0 saturated heterocycles. The molecule has 0 fully saturated rings. The van der Waals surface area contributed by atoms with E-state index >= 15 is 0 Å². The number of nitrogens with two attached hydrogens (primary N) is 1. The number of halogens is 1. The van der Waals surface area contributed by atoms with Crippen LogP contribution in [-0.2, 0) is 9.59 Å². The Morgan fingerprint density at radius 2 is 2.07 bits per heavy atom. The highest BCUT2D eigenvalue weighted by Gasteiger charge is 2.39. The number of nitro benzene ring substituents is 1. The number of rotatable bonds is 8. The molecule has 11 nitrogen and oxygen atoms in total. The molecule has 3 N–H and O–H groups in total. The quantitative estimate of drug-likeness (QED) is 0.182. The van der Waals surface area contributed by atoms with Gasteiger partial charge in [0.05, 0.1) is 33.0 Å². The summed E-state index contributed by atoms with van der Waals surface area (Å²) in [7, 11) is 0. The molecule has 0 bridgehead atoms. The lowest BCUT2D eigenvalue weighted by Gasteiger charge is -2.37. The van der Waals surface area contributed by atoms with Gasteiger partial charge in [0.1, 0.15) is 5.82 Å². The molecular formula is C28H22ClN7O4S2. The van der Waals surface area contributed by atoms with Crippen LogP contribution in [-0.4, -0.2) is 32.6 Å². The van der Waals surface area contributed by atoms with Gasteiger partial charge in [-0.2, -0.15) is 5.26 Å². The highest BCUT2D eigenvalue weighted by atomic mass is 35.5. The minimum atomic E-state index is -0.583. The smallest absolute Gasteiger partial charge is 0.271 e. The SMILES string of the molecule is N#CC1=C(N)N(c2nnc(SCC(=O)Nc3cc([N+](=O)[O-])ccc3Cl)s2)C2=C(C(=O)CCC2)C1/C=C/c1ccccc1. The van der Waals surface area contributed by atoms with Crippen LogP contribution in [0.15, 0.2) is 81.6 Å². The number of nitro groups is 1. The molecule has 0 spiro atoms. The Labute approximate surface area is 253 Å². The third-order valence-corrected chi connectivity index (χ3v) is 8.96. The number of benzene rings is 2. The van der Waals surface area contributed by atoms with Gasteiger partial charge in [0, 0.05) is 35.7 Å². The molecule has 2 aromatic carbocycles. The topological polar surface area (TPSA) is 168 Å². The first-order valence-electron chi connectivity index (χ1n) is 12.7. The fourth-order valence-corrected chi connectivity index (χ4v) is 6.54. The van der Waals surface area contributed by atoms with Crippen molar-refractivity contribution in [1.29, 1.82) is 5.26 Å². The van der Waals surface area contributed by atoms with Crippen LogP contribution in [0.4, 0.5) is 16.5 Å². The second-order valence-electron chi connectivity index (χ2n) is 9.24. The number of hydrogen-bond donors (Lipinski definition) is 2. The van der Waals surface area contributed by atoms with Gasteiger partial charge < -0.3 is 11.1 Å². The zero-order valence-electron chi connectivity index (χ0n) is 21.8. The van der Waals surface area contributed by atoms with Crippen LogP contribution in [0.25, 0.3) is 6.08 Å². The van der Waals surface area contributed by atoms with E-state index in [0.29, 0.717) is 40.0 Å². The van der Waals surface area contributed by atoms with E-state index < -0.39 is 16.7 Å². The van der Waals surface area contributed by atoms with Gasteiger partial charge in [-0.3, -0.25) is 24.6 Å². The van der Waals surface area contributed by atoms with E-state index in [9.17, 15) is 25.0 Å². The lowest BCUT2D eigenvalue weighted by atomic mass is 9.79. The van der Waals surface area contributed by atoms with Crippen LogP contribution in [0, 0.1) is 27.4 Å². The first kappa shape index (κ1) is 29.0. The molecule has 2 aliphatic rings. The van der Waals surface area contributed by atoms with Crippen molar-refractivity contribution in [3.8, 4) is 6.07 Å². The predicted octanol–water partition coefficient (Wildman–Crippen LogP) is 5.68. The number of nitriles is 1. The number of ketones is 1. The molecule has 5 rings (SSSR count). The van der Waals surface area contributed by atoms with Gasteiger partial charge in [-0.25, -0.2) is 0 Å². The zero-order valence-corrected chi connectivity index (χ0v) is 24.2. The van der Waals surface area contributed by atoms with Crippen molar-refractivity contribution >= 4 is 69.0 Å². The Balaban J connectivity index is 1.37. The molecular weight excluding hydrogens is 598 g/mol. The number of non-ortho nitro benzene ring substituents is 1. The number of anilines is 2. The van der Waals surface area contributed by atoms with Crippen LogP contribution >= 0.6 is 34.7 Å². The summed E-state index contributed by atoms with van der Waals surface area (Å²) in [4.78, 5) is 37.8. The van der Waals surface area contributed by atoms with Crippen molar-refractivity contribution in [2.24, 2.45) is 11.7 Å². The summed E-state index contributed by atoms with van der Waals surface area (Å²) in [5.41, 5.74) is 8.87. The molecule has 2 heterocycles. The summed E-state index contributed by atoms with van der Waals surface area (Å²) in [6.07, 6.45) is 5.30. The lowest BCUT2D eigenvalue weighted by Crippen LogP contribution is -2.39. The van der Waals surface area contributed by atoms with E-state index in [2.05, 4.69) is 21.6 Å². The van der Waals surface area contributed by atoms with E-state index in [0.717, 1.165) is 17.3 Å². The van der Waals surface area contributed by atoms with E-state index in [1.165, 1.54) is 29.5 Å². The van der Waals surface area contributed by atoms with Crippen molar-refractivity contribution in [3.63, 3.8) is 0 Å². The summed E-state index contributed by atoms with van der Waals surface area (Å²) in [5, 5.41) is 32.7. The number of thioether (sulfide) groups is 1. The molecule has 1 aliphatic heterocycles. The summed E-state index contributed by atoms with van der Waals surface area (Å²) in [6.45, 7) is 0. The zero-order chi connectivity index (χ0) is 29.8. The Hall–Kier alpha value is -4.51. The van der Waals surface area contributed by atoms with Crippen LogP contribution in [0.2, 0.25) is 5.02 Å². The van der Waals surface area contributed by atoms with E-state index in [1.54, 1.807) is 4.90 Å². The number of aromatic nitrogens is 2. The molecule has 42 heavy (non-hydrogen) atoms. The monoisotopic (exact) mass is 619 g/mol. The van der Waals surface area contributed by atoms with Crippen LogP contribution in [0.3, 0.4) is 0 Å². The molecule has 1 atom stereocenters. The Morgan fingerprint density at radius 1 is 1.29 bits per heavy atom. The number of amides is 1. The number of carbonyl (C=O) groups excluding carboxylic acids is 2. The maximum atomic E-state index is 13.2. The standard InChI is InChI=1S/C28H22ClN7O4S2/c29-20-12-10-17(36(39)40)13-21(20)32-24(38)15-41-28-34-33-27(42-28)35-22-7-4-8-23(37)25(22)18(19(14-30)26(35)31)11-9-16-5-2-1-3-6-16/h1-3,5-6,9-13,18H,4,7-8,15,31H2,(H,32,38)/b11-9+. The highest BCUT2D eigenvalue weighted by molar-refractivity contribution is 8.01. The molecule has 3 aromatic rings. The maximum absolute atomic E-state index is 13.2. The fourth-order valence-electron chi connectivity index (χ4n) is 4.70. The molecule has 0 saturated carbocycles. The van der Waals surface area contributed by atoms with Gasteiger partial charge in [0.15, 0.2) is 10.1 Å². The van der Waals surface area contributed by atoms with Crippen molar-refractivity contribution in [3.05, 3.63) is 98.0 Å². The van der Waals surface area contributed by atoms with Gasteiger partial charge in [0.2, 0.25) is 11.0 Å². The van der Waals surface area contributed by atoms with E-state index in [1.807, 2.05) is 42.5 Å². The maximum Gasteiger partial charge on any atom is 0.271 e. The average Bonchev–Trinajstić information content (AvgIpc) is 3.45. The third-order valence-electron chi connectivity index (χ3n) is 6.59. The Bertz CT molecular complexity index is 1710. The average molecular weight is 620 g/mol. The first-order valence-corrected chi connectivity index (χ1v) is 14.8. The van der Waals surface area contributed by atoms with Crippen molar-refractivity contribution < 1.29 is 14.5 Å². The summed E-state index contributed by atoms with van der Waals surface area (Å²) in [5.74, 6) is -0.958. The molecule has 1 aliphatic carbocycles. The number of allylic oxidation sites excluding steroid dienone is 4. The van der Waals surface area contributed by atoms with Gasteiger partial charge in [-0.15, -0.1) is 10.2 Å². The molecule has 14 heteroatoms. The number of carbonyl (C=O) groups is 2. The summed E-state index contributed by atoms with van der Waals surface area (Å²) >= 11 is 8.35. The predicted molar refractivity (Wildman–Crippen MR) is 162 cm³/mol. The number of Topliss-reactive ketones (excluding diaryl/α,β-unsaturated/α-hetero) is 1. The molecule has 1 aromatic heterocycles. The minimum Gasteiger partial charge on any atom is -0.384 e. The van der Waals surface area contributed by atoms with Gasteiger partial charge in [-0.05, 0) is 24.5 Å². The minimum absolute atomic E-state index is 0.0418. The summed E-state index contributed by atoms with van der Waals surface area (Å²) in [6, 6.07) is 15.6. The van der Waals surface area contributed by atoms with Crippen LogP contribution < -0.4 is 16.0 Å². The third kappa shape index (κ3) is 6.06. The lowest BCUT2D eigenvalue weighted by molar-refractivity contribution is -0.384. The van der Waals surface area contributed by atoms with Crippen LogP contribution in [0.1, 0.15) is 24.8 Å². The molecule has 0 radical (unpaired) electrons. The Kier molecular flexibility index (Phi) is 8.67. The molecule has 212 valence electrons.